The van der Waals surface area contributed by atoms with E-state index in [2.05, 4.69) is 34.3 Å². The summed E-state index contributed by atoms with van der Waals surface area (Å²) in [4.78, 5) is 0. The van der Waals surface area contributed by atoms with E-state index in [-0.39, 0.29) is 6.10 Å². The fourth-order valence-electron chi connectivity index (χ4n) is 1.70. The maximum atomic E-state index is 5.65. The van der Waals surface area contributed by atoms with E-state index in [0.29, 0.717) is 18.4 Å². The van der Waals surface area contributed by atoms with Crippen LogP contribution in [0.4, 0.5) is 0 Å². The maximum absolute atomic E-state index is 5.65. The van der Waals surface area contributed by atoms with Crippen LogP contribution in [0.1, 0.15) is 47.5 Å². The van der Waals surface area contributed by atoms with E-state index < -0.39 is 0 Å². The molecule has 0 rings (SSSR count). The van der Waals surface area contributed by atoms with Gasteiger partial charge in [0.2, 0.25) is 0 Å². The molecule has 0 aromatic rings. The molecule has 0 aliphatic heterocycles. The first-order valence-electron chi connectivity index (χ1n) is 6.40. The van der Waals surface area contributed by atoms with Crippen LogP contribution in [0.15, 0.2) is 12.3 Å². The van der Waals surface area contributed by atoms with Crippen LogP contribution in [0.5, 0.6) is 0 Å². The summed E-state index contributed by atoms with van der Waals surface area (Å²) in [5, 5.41) is 0. The molecular formula is C14H28O2. The second kappa shape index (κ2) is 8.63. The van der Waals surface area contributed by atoms with Gasteiger partial charge < -0.3 is 9.47 Å². The summed E-state index contributed by atoms with van der Waals surface area (Å²) in [5.41, 5.74) is 0. The van der Waals surface area contributed by atoms with Gasteiger partial charge in [-0.2, -0.15) is 0 Å². The molecule has 0 N–H and O–H groups in total. The van der Waals surface area contributed by atoms with Crippen LogP contribution in [0.25, 0.3) is 0 Å². The lowest BCUT2D eigenvalue weighted by atomic mass is 9.98. The third kappa shape index (κ3) is 7.75. The van der Waals surface area contributed by atoms with Crippen LogP contribution in [0, 0.1) is 11.8 Å². The lowest BCUT2D eigenvalue weighted by Crippen LogP contribution is -2.13. The molecule has 2 unspecified atom stereocenters. The van der Waals surface area contributed by atoms with E-state index in [9.17, 15) is 0 Å². The second-order valence-electron chi connectivity index (χ2n) is 4.90. The van der Waals surface area contributed by atoms with Gasteiger partial charge >= 0.3 is 0 Å². The predicted octanol–water partition coefficient (Wildman–Crippen LogP) is 4.01. The Balaban J connectivity index is 3.64. The Bertz CT molecular complexity index is 187. The minimum atomic E-state index is 0.276. The summed E-state index contributed by atoms with van der Waals surface area (Å²) in [6.07, 6.45) is 2.35. The molecule has 0 bridgehead atoms. The molecule has 0 aromatic heterocycles. The average Bonchev–Trinajstić information content (AvgIpc) is 2.16. The zero-order chi connectivity index (χ0) is 12.6. The summed E-state index contributed by atoms with van der Waals surface area (Å²) < 4.78 is 11.1. The van der Waals surface area contributed by atoms with Crippen molar-refractivity contribution in [2.24, 2.45) is 11.8 Å². The van der Waals surface area contributed by atoms with Crippen molar-refractivity contribution in [3.05, 3.63) is 12.3 Å². The molecule has 0 radical (unpaired) electrons. The Hall–Kier alpha value is -0.500. The Morgan fingerprint density at radius 2 is 1.81 bits per heavy atom. The normalized spacial score (nSPS) is 14.9. The smallest absolute Gasteiger partial charge is 0.0916 e. The van der Waals surface area contributed by atoms with E-state index in [1.807, 2.05) is 6.92 Å². The Morgan fingerprint density at radius 1 is 1.19 bits per heavy atom. The molecule has 0 aliphatic carbocycles. The number of hydrogen-bond donors (Lipinski definition) is 0. The SMILES string of the molecule is C=C(OCCC(C)OCC)C(C)CC(C)C. The zero-order valence-electron chi connectivity index (χ0n) is 11.6. The van der Waals surface area contributed by atoms with Gasteiger partial charge in [0.05, 0.1) is 18.5 Å². The van der Waals surface area contributed by atoms with Crippen LogP contribution in [0.2, 0.25) is 0 Å². The highest BCUT2D eigenvalue weighted by Gasteiger charge is 2.10. The quantitative estimate of drug-likeness (QED) is 0.555. The molecule has 0 saturated heterocycles. The lowest BCUT2D eigenvalue weighted by molar-refractivity contribution is 0.0476. The number of rotatable bonds is 9. The molecule has 16 heavy (non-hydrogen) atoms. The fraction of sp³-hybridized carbons (Fsp3) is 0.857. The van der Waals surface area contributed by atoms with Gasteiger partial charge in [-0.05, 0) is 26.2 Å². The summed E-state index contributed by atoms with van der Waals surface area (Å²) in [6, 6.07) is 0. The summed E-state index contributed by atoms with van der Waals surface area (Å²) in [5.74, 6) is 2.05. The van der Waals surface area contributed by atoms with E-state index in [4.69, 9.17) is 9.47 Å². The van der Waals surface area contributed by atoms with E-state index in [1.54, 1.807) is 0 Å². The maximum Gasteiger partial charge on any atom is 0.0916 e. The zero-order valence-corrected chi connectivity index (χ0v) is 11.6. The highest BCUT2D eigenvalue weighted by molar-refractivity contribution is 4.89. The summed E-state index contributed by atoms with van der Waals surface area (Å²) in [6.45, 7) is 16.2. The molecule has 2 atom stereocenters. The van der Waals surface area contributed by atoms with Crippen molar-refractivity contribution in [3.63, 3.8) is 0 Å². The molecule has 0 saturated carbocycles. The minimum Gasteiger partial charge on any atom is -0.498 e. The third-order valence-electron chi connectivity index (χ3n) is 2.64. The monoisotopic (exact) mass is 228 g/mol. The van der Waals surface area contributed by atoms with E-state index in [1.165, 1.54) is 0 Å². The van der Waals surface area contributed by atoms with Crippen molar-refractivity contribution in [2.75, 3.05) is 13.2 Å². The Labute approximate surface area is 101 Å². The van der Waals surface area contributed by atoms with Crippen LogP contribution in [-0.2, 0) is 9.47 Å². The van der Waals surface area contributed by atoms with Crippen LogP contribution in [0.3, 0.4) is 0 Å². The number of hydrogen-bond acceptors (Lipinski definition) is 2. The van der Waals surface area contributed by atoms with Crippen LogP contribution >= 0.6 is 0 Å². The van der Waals surface area contributed by atoms with Gasteiger partial charge in [0, 0.05) is 18.9 Å². The number of allylic oxidation sites excluding steroid dienone is 1. The largest absolute Gasteiger partial charge is 0.498 e. The first kappa shape index (κ1) is 15.5. The molecule has 0 aromatic carbocycles. The Morgan fingerprint density at radius 3 is 2.31 bits per heavy atom. The molecule has 0 spiro atoms. The lowest BCUT2D eigenvalue weighted by Gasteiger charge is -2.19. The molecule has 2 heteroatoms. The third-order valence-corrected chi connectivity index (χ3v) is 2.64. The topological polar surface area (TPSA) is 18.5 Å². The first-order valence-corrected chi connectivity index (χ1v) is 6.40. The van der Waals surface area contributed by atoms with Crippen molar-refractivity contribution in [3.8, 4) is 0 Å². The highest BCUT2D eigenvalue weighted by atomic mass is 16.5. The molecule has 96 valence electrons. The first-order chi connectivity index (χ1) is 7.47. The molecular weight excluding hydrogens is 200 g/mol. The van der Waals surface area contributed by atoms with Gasteiger partial charge in [-0.25, -0.2) is 0 Å². The average molecular weight is 228 g/mol. The van der Waals surface area contributed by atoms with Gasteiger partial charge in [0.1, 0.15) is 0 Å². The molecule has 0 aliphatic rings. The van der Waals surface area contributed by atoms with Gasteiger partial charge in [0.25, 0.3) is 0 Å². The standard InChI is InChI=1S/C14H28O2/c1-7-15-13(5)8-9-16-14(6)12(4)10-11(2)3/h11-13H,6-10H2,1-5H3. The minimum absolute atomic E-state index is 0.276. The van der Waals surface area contributed by atoms with Crippen molar-refractivity contribution in [1.82, 2.24) is 0 Å². The molecule has 0 heterocycles. The van der Waals surface area contributed by atoms with Crippen molar-refractivity contribution < 1.29 is 9.47 Å². The number of ether oxygens (including phenoxy) is 2. The Kier molecular flexibility index (Phi) is 8.36. The van der Waals surface area contributed by atoms with Gasteiger partial charge in [-0.1, -0.05) is 27.4 Å². The predicted molar refractivity (Wildman–Crippen MR) is 69.4 cm³/mol. The summed E-state index contributed by atoms with van der Waals surface area (Å²) >= 11 is 0. The van der Waals surface area contributed by atoms with Crippen molar-refractivity contribution >= 4 is 0 Å². The van der Waals surface area contributed by atoms with Crippen LogP contribution in [-0.4, -0.2) is 19.3 Å². The van der Waals surface area contributed by atoms with E-state index in [0.717, 1.165) is 25.2 Å². The van der Waals surface area contributed by atoms with Gasteiger partial charge in [-0.3, -0.25) is 0 Å². The van der Waals surface area contributed by atoms with Crippen molar-refractivity contribution in [2.45, 2.75) is 53.6 Å². The van der Waals surface area contributed by atoms with Gasteiger partial charge in [-0.15, -0.1) is 0 Å². The molecule has 2 nitrogen and oxygen atoms in total. The molecule has 0 amide bonds. The molecule has 0 fully saturated rings. The van der Waals surface area contributed by atoms with E-state index >= 15 is 0 Å². The second-order valence-corrected chi connectivity index (χ2v) is 4.90. The van der Waals surface area contributed by atoms with Crippen LogP contribution < -0.4 is 0 Å². The van der Waals surface area contributed by atoms with Crippen molar-refractivity contribution in [1.29, 1.82) is 0 Å². The fourth-order valence-corrected chi connectivity index (χ4v) is 1.70. The summed E-state index contributed by atoms with van der Waals surface area (Å²) in [7, 11) is 0. The van der Waals surface area contributed by atoms with Gasteiger partial charge in [0.15, 0.2) is 0 Å². The highest BCUT2D eigenvalue weighted by Crippen LogP contribution is 2.19.